The molecule has 0 unspecified atom stereocenters. The van der Waals surface area contributed by atoms with Gasteiger partial charge in [-0.05, 0) is 18.2 Å². The Hall–Kier alpha value is -2.91. The van der Waals surface area contributed by atoms with E-state index in [1.165, 1.54) is 23.5 Å². The second kappa shape index (κ2) is 8.85. The van der Waals surface area contributed by atoms with Crippen molar-refractivity contribution in [3.05, 3.63) is 59.4 Å². The Bertz CT molecular complexity index is 1290. The summed E-state index contributed by atoms with van der Waals surface area (Å²) in [6.07, 6.45) is 1.71. The first-order valence-electron chi connectivity index (χ1n) is 9.12. The van der Waals surface area contributed by atoms with Crippen molar-refractivity contribution in [2.24, 2.45) is 4.99 Å². The zero-order valence-corrected chi connectivity index (χ0v) is 18.5. The lowest BCUT2D eigenvalue weighted by Gasteiger charge is -2.08. The molecule has 2 aromatic carbocycles. The summed E-state index contributed by atoms with van der Waals surface area (Å²) in [5.41, 5.74) is 1.04. The molecule has 158 valence electrons. The molecule has 0 saturated heterocycles. The highest BCUT2D eigenvalue weighted by Crippen LogP contribution is 2.33. The average Bonchev–Trinajstić information content (AvgIpc) is 3.08. The van der Waals surface area contributed by atoms with Gasteiger partial charge in [0.25, 0.3) is 5.91 Å². The number of allylic oxidation sites excluding steroid dienone is 1. The molecule has 3 rings (SSSR count). The molecular formula is C21H22N2O5S2. The molecule has 0 spiro atoms. The first-order chi connectivity index (χ1) is 14.3. The molecule has 1 amide bonds. The molecule has 1 aromatic heterocycles. The van der Waals surface area contributed by atoms with Gasteiger partial charge in [0.1, 0.15) is 0 Å². The number of carbonyl (C=O) groups excluding carboxylic acids is 1. The first kappa shape index (κ1) is 21.8. The van der Waals surface area contributed by atoms with Gasteiger partial charge in [0.2, 0.25) is 0 Å². The molecule has 1 heterocycles. The Morgan fingerprint density at radius 2 is 1.90 bits per heavy atom. The number of nitrogens with zero attached hydrogens (tertiary/aromatic N) is 2. The second-order valence-electron chi connectivity index (χ2n) is 6.31. The third-order valence-electron chi connectivity index (χ3n) is 4.52. The van der Waals surface area contributed by atoms with Gasteiger partial charge >= 0.3 is 0 Å². The highest BCUT2D eigenvalue weighted by atomic mass is 32.2. The van der Waals surface area contributed by atoms with Gasteiger partial charge in [-0.1, -0.05) is 30.4 Å². The van der Waals surface area contributed by atoms with Crippen LogP contribution >= 0.6 is 11.3 Å². The second-order valence-corrected chi connectivity index (χ2v) is 9.59. The number of benzene rings is 2. The van der Waals surface area contributed by atoms with Crippen molar-refractivity contribution >= 4 is 37.3 Å². The zero-order chi connectivity index (χ0) is 21.9. The fourth-order valence-electron chi connectivity index (χ4n) is 2.93. The summed E-state index contributed by atoms with van der Waals surface area (Å²) in [5, 5.41) is 0. The van der Waals surface area contributed by atoms with Crippen LogP contribution < -0.4 is 14.3 Å². The number of ether oxygens (including phenoxy) is 2. The van der Waals surface area contributed by atoms with Crippen LogP contribution in [0.4, 0.5) is 0 Å². The van der Waals surface area contributed by atoms with E-state index in [4.69, 9.17) is 9.47 Å². The van der Waals surface area contributed by atoms with E-state index in [1.54, 1.807) is 39.4 Å². The monoisotopic (exact) mass is 446 g/mol. The van der Waals surface area contributed by atoms with Crippen LogP contribution in [0, 0.1) is 0 Å². The van der Waals surface area contributed by atoms with Crippen LogP contribution in [0.15, 0.2) is 58.9 Å². The summed E-state index contributed by atoms with van der Waals surface area (Å²) in [6.45, 7) is 5.78. The molecule has 0 radical (unpaired) electrons. The smallest absolute Gasteiger partial charge is 0.279 e. The predicted octanol–water partition coefficient (Wildman–Crippen LogP) is 3.44. The number of carbonyl (C=O) groups is 1. The lowest BCUT2D eigenvalue weighted by Crippen LogP contribution is -2.16. The van der Waals surface area contributed by atoms with E-state index >= 15 is 0 Å². The fourth-order valence-corrected chi connectivity index (χ4v) is 4.90. The normalized spacial score (nSPS) is 12.2. The van der Waals surface area contributed by atoms with Gasteiger partial charge in [-0.15, -0.1) is 6.58 Å². The summed E-state index contributed by atoms with van der Waals surface area (Å²) in [6, 6.07) is 9.59. The molecule has 3 aromatic rings. The van der Waals surface area contributed by atoms with Crippen molar-refractivity contribution in [2.45, 2.75) is 18.4 Å². The number of aromatic nitrogens is 1. The van der Waals surface area contributed by atoms with Crippen LogP contribution in [0.2, 0.25) is 0 Å². The van der Waals surface area contributed by atoms with Gasteiger partial charge in [-0.3, -0.25) is 4.79 Å². The number of hydrogen-bond donors (Lipinski definition) is 0. The topological polar surface area (TPSA) is 87.0 Å². The summed E-state index contributed by atoms with van der Waals surface area (Å²) in [5.74, 6) is 0.580. The molecule has 0 aliphatic rings. The zero-order valence-electron chi connectivity index (χ0n) is 16.9. The minimum absolute atomic E-state index is 0.0406. The molecular weight excluding hydrogens is 424 g/mol. The Morgan fingerprint density at radius 3 is 2.53 bits per heavy atom. The van der Waals surface area contributed by atoms with Crippen molar-refractivity contribution < 1.29 is 22.7 Å². The minimum Gasteiger partial charge on any atom is -0.493 e. The van der Waals surface area contributed by atoms with Crippen molar-refractivity contribution in [1.29, 1.82) is 0 Å². The van der Waals surface area contributed by atoms with Crippen LogP contribution in [0.25, 0.3) is 10.2 Å². The molecule has 0 N–H and O–H groups in total. The number of fused-ring (bicyclic) bond motifs is 1. The lowest BCUT2D eigenvalue weighted by molar-refractivity contribution is 0.0997. The molecule has 0 bridgehead atoms. The van der Waals surface area contributed by atoms with E-state index in [0.29, 0.717) is 22.8 Å². The van der Waals surface area contributed by atoms with Crippen molar-refractivity contribution in [3.8, 4) is 11.5 Å². The Kier molecular flexibility index (Phi) is 6.42. The number of rotatable bonds is 7. The summed E-state index contributed by atoms with van der Waals surface area (Å²) >= 11 is 1.32. The SMILES string of the molecule is C=CCn1c(=NC(=O)c2cccc(S(=O)(=O)CC)c2)sc2cc(OC)c(OC)cc21. The molecule has 7 nitrogen and oxygen atoms in total. The van der Waals surface area contributed by atoms with Crippen molar-refractivity contribution in [1.82, 2.24) is 4.57 Å². The number of sulfone groups is 1. The van der Waals surface area contributed by atoms with Crippen molar-refractivity contribution in [2.75, 3.05) is 20.0 Å². The van der Waals surface area contributed by atoms with E-state index in [-0.39, 0.29) is 16.2 Å². The minimum atomic E-state index is -3.42. The fraction of sp³-hybridized carbons (Fsp3) is 0.238. The van der Waals surface area contributed by atoms with Crippen LogP contribution in [-0.2, 0) is 16.4 Å². The summed E-state index contributed by atoms with van der Waals surface area (Å²) in [7, 11) is -0.305. The van der Waals surface area contributed by atoms with E-state index in [9.17, 15) is 13.2 Å². The highest BCUT2D eigenvalue weighted by Gasteiger charge is 2.16. The quantitative estimate of drug-likeness (QED) is 0.519. The van der Waals surface area contributed by atoms with Gasteiger partial charge in [0, 0.05) is 24.2 Å². The molecule has 9 heteroatoms. The number of thiazole rings is 1. The molecule has 0 atom stereocenters. The van der Waals surface area contributed by atoms with Gasteiger partial charge in [-0.2, -0.15) is 4.99 Å². The number of amides is 1. The third kappa shape index (κ3) is 4.17. The Morgan fingerprint density at radius 1 is 1.20 bits per heavy atom. The maximum absolute atomic E-state index is 12.8. The Balaban J connectivity index is 2.16. The van der Waals surface area contributed by atoms with Gasteiger partial charge < -0.3 is 14.0 Å². The third-order valence-corrected chi connectivity index (χ3v) is 7.29. The maximum atomic E-state index is 12.8. The lowest BCUT2D eigenvalue weighted by atomic mass is 10.2. The predicted molar refractivity (Wildman–Crippen MR) is 117 cm³/mol. The van der Waals surface area contributed by atoms with E-state index in [2.05, 4.69) is 11.6 Å². The first-order valence-corrected chi connectivity index (χ1v) is 11.6. The maximum Gasteiger partial charge on any atom is 0.279 e. The van der Waals surface area contributed by atoms with Crippen LogP contribution in [0.3, 0.4) is 0 Å². The molecule has 30 heavy (non-hydrogen) atoms. The van der Waals surface area contributed by atoms with Gasteiger partial charge in [0.05, 0.1) is 35.1 Å². The molecule has 0 aliphatic heterocycles. The van der Waals surface area contributed by atoms with E-state index in [0.717, 1.165) is 10.2 Å². The van der Waals surface area contributed by atoms with Gasteiger partial charge in [0.15, 0.2) is 26.1 Å². The number of hydrogen-bond acceptors (Lipinski definition) is 6. The van der Waals surface area contributed by atoms with Crippen LogP contribution in [0.1, 0.15) is 17.3 Å². The number of methoxy groups -OCH3 is 2. The van der Waals surface area contributed by atoms with Crippen LogP contribution in [-0.4, -0.2) is 38.9 Å². The average molecular weight is 447 g/mol. The Labute approximate surface area is 178 Å². The molecule has 0 fully saturated rings. The van der Waals surface area contributed by atoms with E-state index in [1.807, 2.05) is 16.7 Å². The highest BCUT2D eigenvalue weighted by molar-refractivity contribution is 7.91. The summed E-state index contributed by atoms with van der Waals surface area (Å²) in [4.78, 5) is 17.7. The standard InChI is InChI=1S/C21H22N2O5S2/c1-5-10-23-16-12-17(27-3)18(28-4)13-19(16)29-21(23)22-20(24)14-8-7-9-15(11-14)30(25,26)6-2/h5,7-9,11-13H,1,6,10H2,2-4H3. The van der Waals surface area contributed by atoms with Crippen molar-refractivity contribution in [3.63, 3.8) is 0 Å². The van der Waals surface area contributed by atoms with Crippen LogP contribution in [0.5, 0.6) is 11.5 Å². The van der Waals surface area contributed by atoms with E-state index < -0.39 is 15.7 Å². The largest absolute Gasteiger partial charge is 0.493 e. The molecule has 0 saturated carbocycles. The van der Waals surface area contributed by atoms with Gasteiger partial charge in [-0.25, -0.2) is 8.42 Å². The molecule has 0 aliphatic carbocycles. The summed E-state index contributed by atoms with van der Waals surface area (Å²) < 4.78 is 37.7.